The number of methoxy groups -OCH3 is 1. The van der Waals surface area contributed by atoms with Gasteiger partial charge in [0, 0.05) is 25.2 Å². The monoisotopic (exact) mass is 382 g/mol. The van der Waals surface area contributed by atoms with Crippen LogP contribution in [0.4, 0.5) is 5.95 Å². The molecule has 0 bridgehead atoms. The van der Waals surface area contributed by atoms with Crippen molar-refractivity contribution in [2.45, 2.75) is 0 Å². The lowest BCUT2D eigenvalue weighted by atomic mass is 10.3. The van der Waals surface area contributed by atoms with E-state index in [2.05, 4.69) is 20.1 Å². The van der Waals surface area contributed by atoms with E-state index in [0.29, 0.717) is 37.9 Å². The smallest absolute Gasteiger partial charge is 0.331 e. The van der Waals surface area contributed by atoms with Crippen molar-refractivity contribution >= 4 is 5.95 Å². The number of anilines is 1. The number of rotatable bonds is 5. The van der Waals surface area contributed by atoms with Crippen LogP contribution in [0.5, 0.6) is 17.9 Å². The summed E-state index contributed by atoms with van der Waals surface area (Å²) in [7, 11) is 1.47. The Morgan fingerprint density at radius 1 is 0.964 bits per heavy atom. The largest absolute Gasteiger partial charge is 0.467 e. The average Bonchev–Trinajstić information content (AvgIpc) is 2.76. The third-order valence-electron chi connectivity index (χ3n) is 4.03. The average molecular weight is 382 g/mol. The Labute approximate surface area is 160 Å². The highest BCUT2D eigenvalue weighted by Crippen LogP contribution is 2.21. The van der Waals surface area contributed by atoms with Crippen molar-refractivity contribution in [1.29, 1.82) is 0 Å². The zero-order chi connectivity index (χ0) is 19.3. The Morgan fingerprint density at radius 3 is 2.46 bits per heavy atom. The first-order valence-corrected chi connectivity index (χ1v) is 8.69. The highest BCUT2D eigenvalue weighted by molar-refractivity contribution is 5.34. The molecule has 0 atom stereocenters. The van der Waals surface area contributed by atoms with Gasteiger partial charge >= 0.3 is 12.0 Å². The summed E-state index contributed by atoms with van der Waals surface area (Å²) in [6.07, 6.45) is 0. The van der Waals surface area contributed by atoms with Gasteiger partial charge < -0.3 is 19.1 Å². The molecule has 144 valence electrons. The van der Waals surface area contributed by atoms with Gasteiger partial charge in [-0.25, -0.2) is 0 Å². The first kappa shape index (κ1) is 17.9. The van der Waals surface area contributed by atoms with Crippen molar-refractivity contribution in [1.82, 2.24) is 24.7 Å². The third kappa shape index (κ3) is 3.91. The molecule has 1 aliphatic heterocycles. The molecule has 2 aromatic heterocycles. The Kier molecular flexibility index (Phi) is 5.11. The number of benzene rings is 1. The Hall–Kier alpha value is -3.53. The predicted molar refractivity (Wildman–Crippen MR) is 99.3 cm³/mol. The molecule has 3 aromatic rings. The van der Waals surface area contributed by atoms with Crippen molar-refractivity contribution in [3.63, 3.8) is 0 Å². The quantitative estimate of drug-likeness (QED) is 0.640. The lowest BCUT2D eigenvalue weighted by molar-refractivity contribution is 0.122. The summed E-state index contributed by atoms with van der Waals surface area (Å²) in [6.45, 7) is 2.50. The summed E-state index contributed by atoms with van der Waals surface area (Å²) < 4.78 is 17.5. The molecule has 0 N–H and O–H groups in total. The van der Waals surface area contributed by atoms with E-state index in [0.717, 1.165) is 0 Å². The van der Waals surface area contributed by atoms with Gasteiger partial charge in [0.15, 0.2) is 0 Å². The van der Waals surface area contributed by atoms with Crippen LogP contribution < -0.4 is 19.9 Å². The van der Waals surface area contributed by atoms with Gasteiger partial charge in [-0.1, -0.05) is 18.2 Å². The molecule has 0 amide bonds. The fraction of sp³-hybridized carbons (Fsp3) is 0.278. The summed E-state index contributed by atoms with van der Waals surface area (Å²) in [5.41, 5.74) is 0.348. The molecule has 1 aromatic carbocycles. The van der Waals surface area contributed by atoms with Gasteiger partial charge in [0.2, 0.25) is 11.8 Å². The van der Waals surface area contributed by atoms with E-state index >= 15 is 0 Å². The number of morpholine rings is 1. The van der Waals surface area contributed by atoms with E-state index in [9.17, 15) is 4.79 Å². The van der Waals surface area contributed by atoms with Crippen LogP contribution in [0.25, 0.3) is 5.69 Å². The van der Waals surface area contributed by atoms with Crippen LogP contribution in [-0.2, 0) is 4.74 Å². The minimum Gasteiger partial charge on any atom is -0.467 e. The lowest BCUT2D eigenvalue weighted by Gasteiger charge is -2.26. The third-order valence-corrected chi connectivity index (χ3v) is 4.03. The van der Waals surface area contributed by atoms with Gasteiger partial charge in [0.25, 0.3) is 5.56 Å². The molecule has 0 unspecified atom stereocenters. The zero-order valence-corrected chi connectivity index (χ0v) is 15.2. The highest BCUT2D eigenvalue weighted by Gasteiger charge is 2.18. The summed E-state index contributed by atoms with van der Waals surface area (Å²) in [6, 6.07) is 12.1. The van der Waals surface area contributed by atoms with Crippen LogP contribution in [0.3, 0.4) is 0 Å². The molecule has 1 saturated heterocycles. The highest BCUT2D eigenvalue weighted by atomic mass is 16.5. The number of nitrogens with zero attached hydrogens (tertiary/aromatic N) is 6. The minimum absolute atomic E-state index is 0.0269. The van der Waals surface area contributed by atoms with Gasteiger partial charge in [-0.15, -0.1) is 10.1 Å². The van der Waals surface area contributed by atoms with E-state index in [1.165, 1.54) is 23.9 Å². The van der Waals surface area contributed by atoms with E-state index in [4.69, 9.17) is 14.2 Å². The van der Waals surface area contributed by atoms with E-state index in [1.807, 2.05) is 23.1 Å². The van der Waals surface area contributed by atoms with E-state index in [-0.39, 0.29) is 23.5 Å². The van der Waals surface area contributed by atoms with E-state index < -0.39 is 0 Å². The number of hydrogen-bond acceptors (Lipinski definition) is 9. The van der Waals surface area contributed by atoms with Crippen molar-refractivity contribution in [2.75, 3.05) is 38.3 Å². The number of hydrogen-bond donors (Lipinski definition) is 0. The van der Waals surface area contributed by atoms with Gasteiger partial charge in [-0.3, -0.25) is 4.79 Å². The van der Waals surface area contributed by atoms with Crippen molar-refractivity contribution in [3.8, 4) is 23.6 Å². The molecule has 3 heterocycles. The summed E-state index contributed by atoms with van der Waals surface area (Å²) >= 11 is 0. The second-order valence-electron chi connectivity index (χ2n) is 5.86. The molecule has 4 rings (SSSR count). The number of aromatic nitrogens is 5. The van der Waals surface area contributed by atoms with Crippen LogP contribution >= 0.6 is 0 Å². The maximum atomic E-state index is 12.2. The molecular formula is C18H18N6O4. The van der Waals surface area contributed by atoms with Crippen molar-refractivity contribution in [2.24, 2.45) is 0 Å². The summed E-state index contributed by atoms with van der Waals surface area (Å²) in [5, 5.41) is 4.24. The van der Waals surface area contributed by atoms with Gasteiger partial charge in [0.05, 0.1) is 26.0 Å². The molecule has 0 spiro atoms. The second-order valence-corrected chi connectivity index (χ2v) is 5.86. The van der Waals surface area contributed by atoms with Crippen LogP contribution in [0, 0.1) is 0 Å². The van der Waals surface area contributed by atoms with Crippen LogP contribution in [-0.4, -0.2) is 58.1 Å². The Bertz CT molecular complexity index is 1000. The maximum absolute atomic E-state index is 12.2. The molecule has 10 heteroatoms. The van der Waals surface area contributed by atoms with Gasteiger partial charge in [0.1, 0.15) is 0 Å². The molecule has 0 saturated carbocycles. The molecular weight excluding hydrogens is 364 g/mol. The SMILES string of the molecule is COc1nc(Oc2ccc(=O)n(-c3ccccc3)n2)nc(N2CCOCC2)n1. The standard InChI is InChI=1S/C18H18N6O4/c1-26-17-19-16(23-9-11-27-12-10-23)20-18(21-17)28-14-7-8-15(25)24(22-14)13-5-3-2-4-6-13/h2-8H,9-12H2,1H3. The molecule has 1 aliphatic rings. The van der Waals surface area contributed by atoms with Crippen molar-refractivity contribution < 1.29 is 14.2 Å². The molecule has 0 radical (unpaired) electrons. The first-order chi connectivity index (χ1) is 13.7. The fourth-order valence-electron chi connectivity index (χ4n) is 2.67. The maximum Gasteiger partial charge on any atom is 0.331 e. The number of ether oxygens (including phenoxy) is 3. The van der Waals surface area contributed by atoms with Crippen molar-refractivity contribution in [3.05, 3.63) is 52.8 Å². The van der Waals surface area contributed by atoms with Gasteiger partial charge in [-0.2, -0.15) is 14.6 Å². The Morgan fingerprint density at radius 2 is 1.71 bits per heavy atom. The van der Waals surface area contributed by atoms with Crippen LogP contribution in [0.15, 0.2) is 47.3 Å². The normalized spacial score (nSPS) is 14.0. The fourth-order valence-corrected chi connectivity index (χ4v) is 2.67. The van der Waals surface area contributed by atoms with Crippen LogP contribution in [0.2, 0.25) is 0 Å². The topological polar surface area (TPSA) is 104 Å². The zero-order valence-electron chi connectivity index (χ0n) is 15.2. The molecule has 28 heavy (non-hydrogen) atoms. The summed E-state index contributed by atoms with van der Waals surface area (Å²) in [4.78, 5) is 26.8. The Balaban J connectivity index is 1.64. The minimum atomic E-state index is -0.277. The molecule has 10 nitrogen and oxygen atoms in total. The lowest BCUT2D eigenvalue weighted by Crippen LogP contribution is -2.37. The molecule has 1 fully saturated rings. The van der Waals surface area contributed by atoms with Crippen LogP contribution in [0.1, 0.15) is 0 Å². The second kappa shape index (κ2) is 8.01. The van der Waals surface area contributed by atoms with E-state index in [1.54, 1.807) is 12.1 Å². The molecule has 0 aliphatic carbocycles. The number of para-hydroxylation sites is 1. The summed E-state index contributed by atoms with van der Waals surface area (Å²) in [5.74, 6) is 0.603. The first-order valence-electron chi connectivity index (χ1n) is 8.69. The predicted octanol–water partition coefficient (Wildman–Crippen LogP) is 1.05. The van der Waals surface area contributed by atoms with Gasteiger partial charge in [-0.05, 0) is 12.1 Å².